The second-order valence-corrected chi connectivity index (χ2v) is 4.10. The lowest BCUT2D eigenvalue weighted by Gasteiger charge is -2.10. The summed E-state index contributed by atoms with van der Waals surface area (Å²) in [6.07, 6.45) is 0.419. The summed E-state index contributed by atoms with van der Waals surface area (Å²) in [5, 5.41) is 3.66. The van der Waals surface area contributed by atoms with Gasteiger partial charge in [0.15, 0.2) is 0 Å². The summed E-state index contributed by atoms with van der Waals surface area (Å²) >= 11 is 5.98. The van der Waals surface area contributed by atoms with E-state index in [1.165, 1.54) is 0 Å². The summed E-state index contributed by atoms with van der Waals surface area (Å²) in [5.41, 5.74) is 0.909. The third-order valence-corrected chi connectivity index (χ3v) is 2.75. The molecule has 0 aliphatic rings. The zero-order chi connectivity index (χ0) is 11.3. The smallest absolute Gasteiger partial charge is 0.141 e. The summed E-state index contributed by atoms with van der Waals surface area (Å²) in [6, 6.07) is 7.48. The fourth-order valence-corrected chi connectivity index (χ4v) is 1.63. The highest BCUT2D eigenvalue weighted by molar-refractivity contribution is 6.31. The van der Waals surface area contributed by atoms with E-state index in [1.54, 1.807) is 0 Å². The van der Waals surface area contributed by atoms with Gasteiger partial charge in [0.2, 0.25) is 0 Å². The number of rotatable bonds is 5. The maximum absolute atomic E-state index is 11.8. The van der Waals surface area contributed by atoms with Crippen LogP contribution >= 0.6 is 11.6 Å². The van der Waals surface area contributed by atoms with Crippen molar-refractivity contribution in [1.82, 2.24) is 5.32 Å². The third-order valence-electron chi connectivity index (χ3n) is 2.38. The number of nitrogens with one attached hydrogen (secondary N) is 1. The molecule has 0 heterocycles. The van der Waals surface area contributed by atoms with E-state index in [0.29, 0.717) is 18.0 Å². The van der Waals surface area contributed by atoms with Gasteiger partial charge >= 0.3 is 0 Å². The van der Waals surface area contributed by atoms with Crippen LogP contribution in [0.4, 0.5) is 0 Å². The molecule has 0 amide bonds. The second kappa shape index (κ2) is 5.89. The maximum Gasteiger partial charge on any atom is 0.141 e. The molecule has 1 unspecified atom stereocenters. The predicted octanol–water partition coefficient (Wildman–Crippen LogP) is 2.31. The van der Waals surface area contributed by atoms with Crippen molar-refractivity contribution in [2.24, 2.45) is 5.92 Å². The molecule has 15 heavy (non-hydrogen) atoms. The Morgan fingerprint density at radius 1 is 1.47 bits per heavy atom. The topological polar surface area (TPSA) is 29.1 Å². The SMILES string of the molecule is CNCC(C)C(=O)Cc1ccccc1Cl. The molecule has 0 bridgehead atoms. The molecule has 3 heteroatoms. The van der Waals surface area contributed by atoms with Crippen LogP contribution in [0.5, 0.6) is 0 Å². The van der Waals surface area contributed by atoms with Gasteiger partial charge in [-0.25, -0.2) is 0 Å². The van der Waals surface area contributed by atoms with Gasteiger partial charge < -0.3 is 5.32 Å². The second-order valence-electron chi connectivity index (χ2n) is 3.69. The Morgan fingerprint density at radius 3 is 2.73 bits per heavy atom. The fourth-order valence-electron chi connectivity index (χ4n) is 1.42. The third kappa shape index (κ3) is 3.65. The number of hydrogen-bond acceptors (Lipinski definition) is 2. The first-order valence-electron chi connectivity index (χ1n) is 5.06. The molecule has 0 fully saturated rings. The summed E-state index contributed by atoms with van der Waals surface area (Å²) in [5.74, 6) is 0.253. The molecule has 1 atom stereocenters. The van der Waals surface area contributed by atoms with Gasteiger partial charge in [-0.3, -0.25) is 4.79 Å². The molecule has 1 aromatic rings. The van der Waals surface area contributed by atoms with E-state index >= 15 is 0 Å². The van der Waals surface area contributed by atoms with Crippen LogP contribution in [0, 0.1) is 5.92 Å². The van der Waals surface area contributed by atoms with Crippen LogP contribution in [0.15, 0.2) is 24.3 Å². The van der Waals surface area contributed by atoms with Gasteiger partial charge in [0.1, 0.15) is 5.78 Å². The minimum atomic E-state index is 0.0336. The van der Waals surface area contributed by atoms with Crippen molar-refractivity contribution in [3.63, 3.8) is 0 Å². The van der Waals surface area contributed by atoms with Gasteiger partial charge in [-0.2, -0.15) is 0 Å². The molecule has 1 rings (SSSR count). The lowest BCUT2D eigenvalue weighted by atomic mass is 9.99. The van der Waals surface area contributed by atoms with Crippen molar-refractivity contribution in [1.29, 1.82) is 0 Å². The number of ketones is 1. The average Bonchev–Trinajstić information content (AvgIpc) is 2.21. The van der Waals surface area contributed by atoms with E-state index in [4.69, 9.17) is 11.6 Å². The molecule has 0 spiro atoms. The summed E-state index contributed by atoms with van der Waals surface area (Å²) in [6.45, 7) is 2.64. The molecule has 0 saturated carbocycles. The maximum atomic E-state index is 11.8. The number of Topliss-reactive ketones (excluding diaryl/α,β-unsaturated/α-hetero) is 1. The van der Waals surface area contributed by atoms with E-state index in [9.17, 15) is 4.79 Å². The lowest BCUT2D eigenvalue weighted by molar-refractivity contribution is -0.121. The van der Waals surface area contributed by atoms with Gasteiger partial charge in [0.05, 0.1) is 0 Å². The standard InChI is InChI=1S/C12H16ClNO/c1-9(8-14-2)12(15)7-10-5-3-4-6-11(10)13/h3-6,9,14H,7-8H2,1-2H3. The Labute approximate surface area is 95.6 Å². The molecule has 2 nitrogen and oxygen atoms in total. The van der Waals surface area contributed by atoms with E-state index in [2.05, 4.69) is 5.32 Å². The van der Waals surface area contributed by atoms with Crippen LogP contribution in [-0.2, 0) is 11.2 Å². The van der Waals surface area contributed by atoms with E-state index in [1.807, 2.05) is 38.2 Å². The highest BCUT2D eigenvalue weighted by atomic mass is 35.5. The number of halogens is 1. The zero-order valence-electron chi connectivity index (χ0n) is 9.09. The summed E-state index contributed by atoms with van der Waals surface area (Å²) < 4.78 is 0. The Kier molecular flexibility index (Phi) is 4.79. The number of carbonyl (C=O) groups is 1. The molecule has 0 radical (unpaired) electrons. The Balaban J connectivity index is 2.62. The van der Waals surface area contributed by atoms with Crippen molar-refractivity contribution in [2.45, 2.75) is 13.3 Å². The van der Waals surface area contributed by atoms with Crippen LogP contribution < -0.4 is 5.32 Å². The van der Waals surface area contributed by atoms with Crippen LogP contribution in [-0.4, -0.2) is 19.4 Å². The van der Waals surface area contributed by atoms with Gasteiger partial charge in [0, 0.05) is 23.9 Å². The van der Waals surface area contributed by atoms with Crippen molar-refractivity contribution >= 4 is 17.4 Å². The molecule has 0 aliphatic carbocycles. The van der Waals surface area contributed by atoms with Crippen molar-refractivity contribution < 1.29 is 4.79 Å². The molecule has 82 valence electrons. The lowest BCUT2D eigenvalue weighted by Crippen LogP contribution is -2.24. The van der Waals surface area contributed by atoms with Gasteiger partial charge in [-0.15, -0.1) is 0 Å². The highest BCUT2D eigenvalue weighted by Crippen LogP contribution is 2.16. The van der Waals surface area contributed by atoms with Crippen LogP contribution in [0.2, 0.25) is 5.02 Å². The number of benzene rings is 1. The van der Waals surface area contributed by atoms with Gasteiger partial charge in [-0.1, -0.05) is 36.7 Å². The Bertz CT molecular complexity index is 338. The van der Waals surface area contributed by atoms with Crippen LogP contribution in [0.25, 0.3) is 0 Å². The van der Waals surface area contributed by atoms with Crippen LogP contribution in [0.3, 0.4) is 0 Å². The zero-order valence-corrected chi connectivity index (χ0v) is 9.84. The molecular formula is C12H16ClNO. The van der Waals surface area contributed by atoms with Gasteiger partial charge in [-0.05, 0) is 18.7 Å². The average molecular weight is 226 g/mol. The number of carbonyl (C=O) groups excluding carboxylic acids is 1. The summed E-state index contributed by atoms with van der Waals surface area (Å²) in [4.78, 5) is 11.8. The van der Waals surface area contributed by atoms with Crippen molar-refractivity contribution in [2.75, 3.05) is 13.6 Å². The van der Waals surface area contributed by atoms with E-state index in [-0.39, 0.29) is 11.7 Å². The molecular weight excluding hydrogens is 210 g/mol. The van der Waals surface area contributed by atoms with Crippen molar-refractivity contribution in [3.05, 3.63) is 34.9 Å². The predicted molar refractivity (Wildman–Crippen MR) is 63.3 cm³/mol. The Hall–Kier alpha value is -0.860. The molecule has 0 saturated heterocycles. The first kappa shape index (κ1) is 12.2. The van der Waals surface area contributed by atoms with Gasteiger partial charge in [0.25, 0.3) is 0 Å². The minimum Gasteiger partial charge on any atom is -0.319 e. The first-order chi connectivity index (χ1) is 7.15. The molecule has 0 aromatic heterocycles. The molecule has 1 aromatic carbocycles. The van der Waals surface area contributed by atoms with E-state index < -0.39 is 0 Å². The minimum absolute atomic E-state index is 0.0336. The monoisotopic (exact) mass is 225 g/mol. The highest BCUT2D eigenvalue weighted by Gasteiger charge is 2.13. The normalized spacial score (nSPS) is 12.5. The van der Waals surface area contributed by atoms with Crippen LogP contribution in [0.1, 0.15) is 12.5 Å². The fraction of sp³-hybridized carbons (Fsp3) is 0.417. The largest absolute Gasteiger partial charge is 0.319 e. The number of hydrogen-bond donors (Lipinski definition) is 1. The quantitative estimate of drug-likeness (QED) is 0.833. The summed E-state index contributed by atoms with van der Waals surface area (Å²) in [7, 11) is 1.85. The van der Waals surface area contributed by atoms with Crippen molar-refractivity contribution in [3.8, 4) is 0 Å². The first-order valence-corrected chi connectivity index (χ1v) is 5.43. The molecule has 0 aliphatic heterocycles. The van der Waals surface area contributed by atoms with E-state index in [0.717, 1.165) is 5.56 Å². The molecule has 1 N–H and O–H groups in total. The Morgan fingerprint density at radius 2 is 2.13 bits per heavy atom.